The number of ether oxygens (including phenoxy) is 2. The highest BCUT2D eigenvalue weighted by molar-refractivity contribution is 5.76. The molecule has 36 heavy (non-hydrogen) atoms. The lowest BCUT2D eigenvalue weighted by molar-refractivity contribution is -0.150. The van der Waals surface area contributed by atoms with E-state index in [0.717, 1.165) is 44.9 Å². The fraction of sp³-hybridized carbons (Fsp3) is 0.933. The molecule has 0 aromatic carbocycles. The molecule has 1 heterocycles. The normalized spacial score (nSPS) is 17.6. The Balaban J connectivity index is 2.11. The average molecular weight is 512 g/mol. The van der Waals surface area contributed by atoms with E-state index in [9.17, 15) is 14.7 Å². The average Bonchev–Trinajstić information content (AvgIpc) is 3.31. The van der Waals surface area contributed by atoms with Crippen LogP contribution in [0.5, 0.6) is 0 Å². The van der Waals surface area contributed by atoms with Crippen LogP contribution in [0.15, 0.2) is 0 Å². The molecule has 0 radical (unpaired) electrons. The van der Waals surface area contributed by atoms with Crippen molar-refractivity contribution >= 4 is 11.9 Å². The highest BCUT2D eigenvalue weighted by Gasteiger charge is 2.29. The van der Waals surface area contributed by atoms with E-state index < -0.39 is 6.10 Å². The maximum absolute atomic E-state index is 12.5. The summed E-state index contributed by atoms with van der Waals surface area (Å²) >= 11 is 0. The van der Waals surface area contributed by atoms with E-state index in [1.807, 2.05) is 0 Å². The highest BCUT2D eigenvalue weighted by atomic mass is 16.5. The van der Waals surface area contributed by atoms with Gasteiger partial charge in [0.2, 0.25) is 0 Å². The van der Waals surface area contributed by atoms with Gasteiger partial charge in [-0.05, 0) is 38.5 Å². The van der Waals surface area contributed by atoms with E-state index in [2.05, 4.69) is 19.2 Å². The molecule has 2 N–H and O–H groups in total. The third kappa shape index (κ3) is 18.2. The quantitative estimate of drug-likeness (QED) is 0.107. The predicted molar refractivity (Wildman–Crippen MR) is 147 cm³/mol. The van der Waals surface area contributed by atoms with Gasteiger partial charge in [-0.15, -0.1) is 0 Å². The predicted octanol–water partition coefficient (Wildman–Crippen LogP) is 7.01. The molecule has 1 aliphatic heterocycles. The zero-order chi connectivity index (χ0) is 26.3. The first-order chi connectivity index (χ1) is 17.6. The highest BCUT2D eigenvalue weighted by Crippen LogP contribution is 2.18. The van der Waals surface area contributed by atoms with Crippen LogP contribution in [0.3, 0.4) is 0 Å². The Morgan fingerprint density at radius 3 is 1.86 bits per heavy atom. The largest absolute Gasteiger partial charge is 0.465 e. The number of rotatable bonds is 24. The van der Waals surface area contributed by atoms with Gasteiger partial charge in [0.15, 0.2) is 0 Å². The van der Waals surface area contributed by atoms with Crippen LogP contribution in [0.4, 0.5) is 0 Å². The number of aliphatic hydroxyl groups excluding tert-OH is 1. The second-order valence-electron chi connectivity index (χ2n) is 10.8. The van der Waals surface area contributed by atoms with Gasteiger partial charge in [-0.25, -0.2) is 0 Å². The molecule has 1 aliphatic rings. The van der Waals surface area contributed by atoms with Crippen molar-refractivity contribution in [3.63, 3.8) is 0 Å². The number of hydrogen-bond donors (Lipinski definition) is 2. The Bertz CT molecular complexity index is 525. The van der Waals surface area contributed by atoms with Crippen molar-refractivity contribution in [3.05, 3.63) is 0 Å². The number of esters is 2. The van der Waals surface area contributed by atoms with Crippen molar-refractivity contribution < 1.29 is 24.2 Å². The first-order valence-corrected chi connectivity index (χ1v) is 15.3. The molecule has 1 rings (SSSR count). The number of carbonyl (C=O) groups excluding carboxylic acids is 2. The number of hydrogen-bond acceptors (Lipinski definition) is 6. The van der Waals surface area contributed by atoms with E-state index in [-0.39, 0.29) is 24.1 Å². The van der Waals surface area contributed by atoms with Gasteiger partial charge in [0.1, 0.15) is 12.1 Å². The van der Waals surface area contributed by atoms with Crippen LogP contribution in [0, 0.1) is 0 Å². The summed E-state index contributed by atoms with van der Waals surface area (Å²) in [6.45, 7) is 5.38. The third-order valence-electron chi connectivity index (χ3n) is 7.22. The molecule has 0 aromatic heterocycles. The van der Waals surface area contributed by atoms with E-state index in [4.69, 9.17) is 9.47 Å². The number of aliphatic hydroxyl groups is 1. The van der Waals surface area contributed by atoms with Crippen LogP contribution in [0.25, 0.3) is 0 Å². The molecule has 0 bridgehead atoms. The SMILES string of the molecule is CCCCCCCCC(CCCCCCCC)OC(=O)CCCCCCCOC(=O)[C@@H]1C[C@@H](O)CN1. The fourth-order valence-electron chi connectivity index (χ4n) is 4.88. The molecule has 1 saturated heterocycles. The van der Waals surface area contributed by atoms with Crippen LogP contribution in [0.2, 0.25) is 0 Å². The Hall–Kier alpha value is -1.14. The van der Waals surface area contributed by atoms with E-state index in [1.54, 1.807) is 0 Å². The van der Waals surface area contributed by atoms with Crippen molar-refractivity contribution in [1.82, 2.24) is 5.32 Å². The summed E-state index contributed by atoms with van der Waals surface area (Å²) in [7, 11) is 0. The first kappa shape index (κ1) is 32.9. The maximum atomic E-state index is 12.5. The molecule has 212 valence electrons. The van der Waals surface area contributed by atoms with E-state index in [1.165, 1.54) is 77.0 Å². The van der Waals surface area contributed by atoms with Crippen LogP contribution < -0.4 is 5.32 Å². The standard InChI is InChI=1S/C30H57NO5/c1-3-5-7-9-12-16-20-27(21-17-13-10-8-6-4-2)36-29(33)22-18-14-11-15-19-23-35-30(34)28-24-26(32)25-31-28/h26-28,31-32H,3-25H2,1-2H3/t26-,28+/m1/s1. The molecule has 0 amide bonds. The summed E-state index contributed by atoms with van der Waals surface area (Å²) in [5, 5.41) is 12.4. The lowest BCUT2D eigenvalue weighted by Gasteiger charge is -2.18. The monoisotopic (exact) mass is 511 g/mol. The lowest BCUT2D eigenvalue weighted by Crippen LogP contribution is -2.32. The van der Waals surface area contributed by atoms with Crippen LogP contribution >= 0.6 is 0 Å². The van der Waals surface area contributed by atoms with Gasteiger partial charge in [-0.3, -0.25) is 9.59 Å². The molecular formula is C30H57NO5. The van der Waals surface area contributed by atoms with Crippen molar-refractivity contribution in [2.45, 2.75) is 167 Å². The Labute approximate surface area is 221 Å². The topological polar surface area (TPSA) is 84.9 Å². The summed E-state index contributed by atoms with van der Waals surface area (Å²) < 4.78 is 11.2. The molecule has 0 aromatic rings. The Morgan fingerprint density at radius 2 is 1.31 bits per heavy atom. The molecular weight excluding hydrogens is 454 g/mol. The molecule has 6 heteroatoms. The van der Waals surface area contributed by atoms with E-state index >= 15 is 0 Å². The maximum Gasteiger partial charge on any atom is 0.323 e. The second kappa shape index (κ2) is 23.0. The van der Waals surface area contributed by atoms with Crippen molar-refractivity contribution in [1.29, 1.82) is 0 Å². The minimum atomic E-state index is -0.449. The zero-order valence-electron chi connectivity index (χ0n) is 23.6. The molecule has 0 saturated carbocycles. The van der Waals surface area contributed by atoms with Crippen LogP contribution in [-0.2, 0) is 19.1 Å². The summed E-state index contributed by atoms with van der Waals surface area (Å²) in [4.78, 5) is 24.3. The van der Waals surface area contributed by atoms with Gasteiger partial charge in [0, 0.05) is 19.4 Å². The molecule has 0 unspecified atom stereocenters. The Kier molecular flexibility index (Phi) is 21.0. The fourth-order valence-corrected chi connectivity index (χ4v) is 4.88. The van der Waals surface area contributed by atoms with Crippen molar-refractivity contribution in [2.24, 2.45) is 0 Å². The van der Waals surface area contributed by atoms with E-state index in [0.29, 0.717) is 26.0 Å². The van der Waals surface area contributed by atoms with Gasteiger partial charge in [0.05, 0.1) is 12.7 Å². The van der Waals surface area contributed by atoms with Gasteiger partial charge >= 0.3 is 11.9 Å². The van der Waals surface area contributed by atoms with Crippen molar-refractivity contribution in [3.8, 4) is 0 Å². The number of unbranched alkanes of at least 4 members (excludes halogenated alkanes) is 14. The minimum Gasteiger partial charge on any atom is -0.465 e. The summed E-state index contributed by atoms with van der Waals surface area (Å²) in [5.41, 5.74) is 0. The molecule has 0 spiro atoms. The summed E-state index contributed by atoms with van der Waals surface area (Å²) in [6.07, 6.45) is 22.6. The van der Waals surface area contributed by atoms with Crippen LogP contribution in [0.1, 0.15) is 149 Å². The summed E-state index contributed by atoms with van der Waals surface area (Å²) in [6, 6.07) is -0.364. The summed E-state index contributed by atoms with van der Waals surface area (Å²) in [5.74, 6) is -0.289. The molecule has 6 nitrogen and oxygen atoms in total. The number of carbonyl (C=O) groups is 2. The minimum absolute atomic E-state index is 0.0304. The van der Waals surface area contributed by atoms with Crippen LogP contribution in [-0.4, -0.2) is 48.4 Å². The molecule has 1 fully saturated rings. The molecule has 2 atom stereocenters. The number of nitrogens with one attached hydrogen (secondary N) is 1. The second-order valence-corrected chi connectivity index (χ2v) is 10.8. The van der Waals surface area contributed by atoms with Gasteiger partial charge in [-0.2, -0.15) is 0 Å². The smallest absolute Gasteiger partial charge is 0.323 e. The van der Waals surface area contributed by atoms with Gasteiger partial charge < -0.3 is 19.9 Å². The van der Waals surface area contributed by atoms with Crippen molar-refractivity contribution in [2.75, 3.05) is 13.2 Å². The first-order valence-electron chi connectivity index (χ1n) is 15.3. The zero-order valence-corrected chi connectivity index (χ0v) is 23.6. The third-order valence-corrected chi connectivity index (χ3v) is 7.22. The number of β-amino-alcohol motifs (C(OH)–C–C–N with tert-alkyl or cyclic N) is 1. The lowest BCUT2D eigenvalue weighted by atomic mass is 10.0. The molecule has 0 aliphatic carbocycles. The Morgan fingerprint density at radius 1 is 0.778 bits per heavy atom. The van der Waals surface area contributed by atoms with Gasteiger partial charge in [0.25, 0.3) is 0 Å². The van der Waals surface area contributed by atoms with Gasteiger partial charge in [-0.1, -0.05) is 97.3 Å².